The summed E-state index contributed by atoms with van der Waals surface area (Å²) in [5.74, 6) is 0.590. The van der Waals surface area contributed by atoms with Gasteiger partial charge in [-0.1, -0.05) is 0 Å². The van der Waals surface area contributed by atoms with E-state index >= 15 is 0 Å². The molecule has 0 aliphatic rings. The highest BCUT2D eigenvalue weighted by atomic mass is 32.2. The molecule has 12 heteroatoms. The first-order chi connectivity index (χ1) is 14.4. The first-order valence-electron chi connectivity index (χ1n) is 9.34. The second-order valence-corrected chi connectivity index (χ2v) is 8.75. The third kappa shape index (κ3) is 5.07. The lowest BCUT2D eigenvalue weighted by atomic mass is 10.2. The number of halogens is 3. The van der Waals surface area contributed by atoms with Gasteiger partial charge in [0.25, 0.3) is 0 Å². The summed E-state index contributed by atoms with van der Waals surface area (Å²) in [5, 5.41) is 0. The summed E-state index contributed by atoms with van der Waals surface area (Å²) < 4.78 is 69.6. The number of imidazole rings is 1. The van der Waals surface area contributed by atoms with Gasteiger partial charge in [0.2, 0.25) is 10.0 Å². The lowest BCUT2D eigenvalue weighted by Crippen LogP contribution is -2.25. The van der Waals surface area contributed by atoms with Crippen LogP contribution in [0, 0.1) is 20.8 Å². The molecule has 0 radical (unpaired) electrons. The van der Waals surface area contributed by atoms with E-state index in [1.807, 2.05) is 25.3 Å². The number of ether oxygens (including phenoxy) is 1. The summed E-state index contributed by atoms with van der Waals surface area (Å²) in [6.07, 6.45) is -4.38. The van der Waals surface area contributed by atoms with Crippen LogP contribution in [0.2, 0.25) is 0 Å². The van der Waals surface area contributed by atoms with Crippen molar-refractivity contribution in [3.63, 3.8) is 0 Å². The zero-order chi connectivity index (χ0) is 23.0. The van der Waals surface area contributed by atoms with Gasteiger partial charge in [0, 0.05) is 18.8 Å². The van der Waals surface area contributed by atoms with Crippen molar-refractivity contribution < 1.29 is 26.3 Å². The molecule has 0 bridgehead atoms. The number of benzene rings is 1. The van der Waals surface area contributed by atoms with E-state index in [1.54, 1.807) is 0 Å². The molecule has 8 nitrogen and oxygen atoms in total. The molecule has 1 aromatic carbocycles. The van der Waals surface area contributed by atoms with Crippen LogP contribution in [0.25, 0.3) is 11.0 Å². The first kappa shape index (κ1) is 22.8. The molecular formula is C19H22F3N5O3S. The van der Waals surface area contributed by atoms with Gasteiger partial charge in [0.05, 0.1) is 10.4 Å². The van der Waals surface area contributed by atoms with Crippen LogP contribution in [0.15, 0.2) is 29.2 Å². The van der Waals surface area contributed by atoms with Crippen molar-refractivity contribution in [2.24, 2.45) is 0 Å². The molecule has 0 unspecified atom stereocenters. The van der Waals surface area contributed by atoms with Gasteiger partial charge in [0.15, 0.2) is 5.82 Å². The fourth-order valence-corrected chi connectivity index (χ4v) is 4.31. The number of rotatable bonds is 7. The number of anilines is 1. The van der Waals surface area contributed by atoms with Crippen LogP contribution in [0.1, 0.15) is 23.5 Å². The molecular weight excluding hydrogens is 435 g/mol. The van der Waals surface area contributed by atoms with Crippen LogP contribution < -0.4 is 15.2 Å². The number of nitrogen functional groups attached to an aromatic ring is 1. The van der Waals surface area contributed by atoms with Crippen LogP contribution in [-0.4, -0.2) is 35.9 Å². The number of aromatic nitrogens is 3. The van der Waals surface area contributed by atoms with E-state index in [0.29, 0.717) is 24.3 Å². The number of hydrogen-bond acceptors (Lipinski definition) is 6. The minimum atomic E-state index is -4.84. The Morgan fingerprint density at radius 3 is 2.39 bits per heavy atom. The van der Waals surface area contributed by atoms with E-state index < -0.39 is 22.1 Å². The van der Waals surface area contributed by atoms with Gasteiger partial charge in [-0.15, -0.1) is 13.2 Å². The van der Waals surface area contributed by atoms with Crippen molar-refractivity contribution in [1.29, 1.82) is 0 Å². The van der Waals surface area contributed by atoms with E-state index in [9.17, 15) is 21.6 Å². The van der Waals surface area contributed by atoms with Crippen LogP contribution >= 0.6 is 0 Å². The highest BCUT2D eigenvalue weighted by Gasteiger charge is 2.31. The van der Waals surface area contributed by atoms with Gasteiger partial charge in [-0.05, 0) is 57.0 Å². The predicted molar refractivity (Wildman–Crippen MR) is 109 cm³/mol. The maximum Gasteiger partial charge on any atom is 0.573 e. The lowest BCUT2D eigenvalue weighted by Gasteiger charge is -2.12. The van der Waals surface area contributed by atoms with Crippen molar-refractivity contribution in [1.82, 2.24) is 19.3 Å². The second-order valence-electron chi connectivity index (χ2n) is 6.99. The Labute approximate surface area is 177 Å². The number of nitrogens with zero attached hydrogens (tertiary/aromatic N) is 3. The monoisotopic (exact) mass is 457 g/mol. The molecule has 3 rings (SSSR count). The van der Waals surface area contributed by atoms with Crippen molar-refractivity contribution in [3.05, 3.63) is 41.3 Å². The summed E-state index contributed by atoms with van der Waals surface area (Å²) in [5.41, 5.74) is 9.21. The van der Waals surface area contributed by atoms with Crippen molar-refractivity contribution in [2.45, 2.75) is 45.0 Å². The normalized spacial score (nSPS) is 12.5. The highest BCUT2D eigenvalue weighted by Crippen LogP contribution is 2.26. The minimum absolute atomic E-state index is 0.126. The fourth-order valence-electron chi connectivity index (χ4n) is 3.23. The molecule has 0 spiro atoms. The average molecular weight is 457 g/mol. The van der Waals surface area contributed by atoms with Crippen molar-refractivity contribution in [3.8, 4) is 5.75 Å². The number of fused-ring (bicyclic) bond motifs is 1. The lowest BCUT2D eigenvalue weighted by molar-refractivity contribution is -0.274. The molecule has 2 heterocycles. The molecule has 0 atom stereocenters. The Morgan fingerprint density at radius 1 is 1.13 bits per heavy atom. The number of sulfonamides is 1. The number of nitrogens with two attached hydrogens (primary N) is 1. The Balaban J connectivity index is 1.66. The number of nitrogens with one attached hydrogen (secondary N) is 1. The van der Waals surface area contributed by atoms with Crippen LogP contribution in [0.5, 0.6) is 5.75 Å². The molecule has 168 valence electrons. The maximum atomic E-state index is 12.4. The van der Waals surface area contributed by atoms with Crippen molar-refractivity contribution >= 4 is 26.9 Å². The number of pyridine rings is 1. The van der Waals surface area contributed by atoms with E-state index in [1.165, 1.54) is 0 Å². The standard InChI is InChI=1S/C19H22F3N5O3S/c1-11-12(2)25-18(23)16-17(11)27(13(3)26-16)10-4-9-24-31(28,29)15-7-5-14(6-8-15)30-19(20,21)22/h5-8,24H,4,9-10H2,1-3H3,(H2,23,25). The molecule has 0 aliphatic heterocycles. The zero-order valence-corrected chi connectivity index (χ0v) is 17.9. The maximum absolute atomic E-state index is 12.4. The Kier molecular flexibility index (Phi) is 6.14. The molecule has 3 aromatic rings. The molecule has 0 amide bonds. The second kappa shape index (κ2) is 8.35. The minimum Gasteiger partial charge on any atom is -0.406 e. The van der Waals surface area contributed by atoms with E-state index in [4.69, 9.17) is 5.73 Å². The van der Waals surface area contributed by atoms with Gasteiger partial charge in [-0.3, -0.25) is 0 Å². The van der Waals surface area contributed by atoms with E-state index in [0.717, 1.165) is 46.9 Å². The molecule has 0 saturated heterocycles. The summed E-state index contributed by atoms with van der Waals surface area (Å²) in [7, 11) is -3.88. The van der Waals surface area contributed by atoms with Crippen molar-refractivity contribution in [2.75, 3.05) is 12.3 Å². The topological polar surface area (TPSA) is 112 Å². The Bertz CT molecular complexity index is 1210. The van der Waals surface area contributed by atoms with E-state index in [2.05, 4.69) is 19.4 Å². The van der Waals surface area contributed by atoms with Crippen LogP contribution in [-0.2, 0) is 16.6 Å². The third-order valence-electron chi connectivity index (χ3n) is 4.81. The third-order valence-corrected chi connectivity index (χ3v) is 6.28. The summed E-state index contributed by atoms with van der Waals surface area (Å²) in [6, 6.07) is 4.01. The molecule has 31 heavy (non-hydrogen) atoms. The quantitative estimate of drug-likeness (QED) is 0.527. The molecule has 0 aliphatic carbocycles. The van der Waals surface area contributed by atoms with Gasteiger partial charge in [-0.2, -0.15) is 0 Å². The predicted octanol–water partition coefficient (Wildman–Crippen LogP) is 3.21. The molecule has 0 fully saturated rings. The highest BCUT2D eigenvalue weighted by molar-refractivity contribution is 7.89. The summed E-state index contributed by atoms with van der Waals surface area (Å²) in [6.45, 7) is 6.24. The van der Waals surface area contributed by atoms with Gasteiger partial charge >= 0.3 is 6.36 Å². The molecule has 2 aromatic heterocycles. The average Bonchev–Trinajstić information content (AvgIpc) is 2.99. The Hall–Kier alpha value is -2.86. The van der Waals surface area contributed by atoms with Crippen LogP contribution in [0.3, 0.4) is 0 Å². The smallest absolute Gasteiger partial charge is 0.406 e. The first-order valence-corrected chi connectivity index (χ1v) is 10.8. The van der Waals surface area contributed by atoms with Gasteiger partial charge in [0.1, 0.15) is 17.1 Å². The van der Waals surface area contributed by atoms with E-state index in [-0.39, 0.29) is 11.4 Å². The number of alkyl halides is 3. The largest absolute Gasteiger partial charge is 0.573 e. The fraction of sp³-hybridized carbons (Fsp3) is 0.368. The Morgan fingerprint density at radius 2 is 1.77 bits per heavy atom. The molecule has 0 saturated carbocycles. The van der Waals surface area contributed by atoms with Gasteiger partial charge < -0.3 is 15.0 Å². The number of aryl methyl sites for hydroxylation is 4. The summed E-state index contributed by atoms with van der Waals surface area (Å²) in [4.78, 5) is 8.59. The number of hydrogen-bond donors (Lipinski definition) is 2. The van der Waals surface area contributed by atoms with Crippen LogP contribution in [0.4, 0.5) is 19.0 Å². The SMILES string of the molecule is Cc1nc(N)c2nc(C)n(CCCNS(=O)(=O)c3ccc(OC(F)(F)F)cc3)c2c1C. The van der Waals surface area contributed by atoms with Gasteiger partial charge in [-0.25, -0.2) is 23.1 Å². The summed E-state index contributed by atoms with van der Waals surface area (Å²) >= 11 is 0. The molecule has 3 N–H and O–H groups in total. The zero-order valence-electron chi connectivity index (χ0n) is 17.1.